The van der Waals surface area contributed by atoms with Crippen molar-refractivity contribution in [1.82, 2.24) is 10.2 Å². The van der Waals surface area contributed by atoms with Crippen molar-refractivity contribution in [1.29, 1.82) is 0 Å². The molecule has 3 aromatic carbocycles. The highest BCUT2D eigenvalue weighted by Gasteiger charge is 2.38. The minimum atomic E-state index is -2.09. The summed E-state index contributed by atoms with van der Waals surface area (Å²) < 4.78 is 21.2. The molecule has 3 rings (SSSR count). The van der Waals surface area contributed by atoms with Crippen LogP contribution in [0.3, 0.4) is 0 Å². The second-order valence-corrected chi connectivity index (χ2v) is 20.6. The molecule has 0 radical (unpaired) electrons. The standard InChI is InChI=1S/C36H49Cl3N2O5Si/c1-35(2,3)47(6,7)46-25-31(22-28-15-19-33(44-5)20-16-28)41(23-29-11-9-8-10-12-29)24-30(40-34(42)45-26-36(37,38)39)21-27-13-17-32(43-4)18-14-27/h8-20,30-31H,21-26H2,1-7H3,(H,40,42)/t30-,31-/m0/s1. The van der Waals surface area contributed by atoms with Crippen molar-refractivity contribution in [3.8, 4) is 11.5 Å². The van der Waals surface area contributed by atoms with Crippen LogP contribution in [0.15, 0.2) is 78.9 Å². The summed E-state index contributed by atoms with van der Waals surface area (Å²) in [6.07, 6.45) is 0.619. The molecule has 258 valence electrons. The largest absolute Gasteiger partial charge is 0.497 e. The second kappa shape index (κ2) is 17.8. The fraction of sp³-hybridized carbons (Fsp3) is 0.472. The van der Waals surface area contributed by atoms with E-state index in [0.29, 0.717) is 26.1 Å². The van der Waals surface area contributed by atoms with Crippen molar-refractivity contribution in [3.63, 3.8) is 0 Å². The summed E-state index contributed by atoms with van der Waals surface area (Å²) in [5.74, 6) is 1.56. The summed E-state index contributed by atoms with van der Waals surface area (Å²) in [5, 5.41) is 3.10. The first-order valence-corrected chi connectivity index (χ1v) is 19.8. The number of nitrogens with zero attached hydrogens (tertiary/aromatic N) is 1. The first kappa shape index (κ1) is 39.0. The Balaban J connectivity index is 2.00. The molecule has 11 heteroatoms. The summed E-state index contributed by atoms with van der Waals surface area (Å²) in [7, 11) is 1.21. The average molecular weight is 724 g/mol. The van der Waals surface area contributed by atoms with Crippen molar-refractivity contribution < 1.29 is 23.4 Å². The Labute approximate surface area is 296 Å². The van der Waals surface area contributed by atoms with Crippen LogP contribution in [-0.2, 0) is 28.5 Å². The van der Waals surface area contributed by atoms with Crippen molar-refractivity contribution in [2.24, 2.45) is 0 Å². The predicted octanol–water partition coefficient (Wildman–Crippen LogP) is 8.85. The van der Waals surface area contributed by atoms with E-state index in [9.17, 15) is 4.79 Å². The second-order valence-electron chi connectivity index (χ2n) is 13.3. The lowest BCUT2D eigenvalue weighted by atomic mass is 10.0. The van der Waals surface area contributed by atoms with Gasteiger partial charge in [0.15, 0.2) is 8.32 Å². The summed E-state index contributed by atoms with van der Waals surface area (Å²) in [6, 6.07) is 25.9. The van der Waals surface area contributed by atoms with E-state index in [2.05, 4.69) is 68.3 Å². The van der Waals surface area contributed by atoms with Crippen LogP contribution in [0.1, 0.15) is 37.5 Å². The van der Waals surface area contributed by atoms with E-state index in [1.165, 1.54) is 0 Å². The minimum Gasteiger partial charge on any atom is -0.497 e. The lowest BCUT2D eigenvalue weighted by Crippen LogP contribution is -2.52. The minimum absolute atomic E-state index is 0.0184. The quantitative estimate of drug-likeness (QED) is 0.118. The van der Waals surface area contributed by atoms with Gasteiger partial charge in [0.25, 0.3) is 0 Å². The number of hydrogen-bond donors (Lipinski definition) is 1. The Morgan fingerprint density at radius 1 is 0.809 bits per heavy atom. The van der Waals surface area contributed by atoms with Crippen LogP contribution in [0.5, 0.6) is 11.5 Å². The Morgan fingerprint density at radius 3 is 1.83 bits per heavy atom. The topological polar surface area (TPSA) is 69.3 Å². The number of carbonyl (C=O) groups is 1. The van der Waals surface area contributed by atoms with E-state index >= 15 is 0 Å². The molecule has 3 aromatic rings. The van der Waals surface area contributed by atoms with Crippen LogP contribution < -0.4 is 14.8 Å². The van der Waals surface area contributed by atoms with Gasteiger partial charge in [-0.2, -0.15) is 0 Å². The van der Waals surface area contributed by atoms with Crippen molar-refractivity contribution in [2.75, 3.05) is 34.0 Å². The number of methoxy groups -OCH3 is 2. The van der Waals surface area contributed by atoms with Crippen LogP contribution in [0.4, 0.5) is 4.79 Å². The van der Waals surface area contributed by atoms with E-state index in [-0.39, 0.29) is 23.7 Å². The first-order valence-electron chi connectivity index (χ1n) is 15.8. The average Bonchev–Trinajstić information content (AvgIpc) is 3.02. The third-order valence-electron chi connectivity index (χ3n) is 8.60. The molecule has 0 heterocycles. The Kier molecular flexibility index (Phi) is 14.8. The Hall–Kier alpha value is -2.46. The van der Waals surface area contributed by atoms with Crippen LogP contribution in [-0.4, -0.2) is 69.2 Å². The maximum absolute atomic E-state index is 13.0. The number of ether oxygens (including phenoxy) is 3. The lowest BCUT2D eigenvalue weighted by Gasteiger charge is -2.40. The molecule has 0 aliphatic carbocycles. The molecule has 1 N–H and O–H groups in total. The summed E-state index contributed by atoms with van der Waals surface area (Å²) in [5.41, 5.74) is 3.34. The van der Waals surface area contributed by atoms with Gasteiger partial charge in [-0.1, -0.05) is 110 Å². The number of amides is 1. The van der Waals surface area contributed by atoms with Crippen LogP contribution >= 0.6 is 34.8 Å². The van der Waals surface area contributed by atoms with Gasteiger partial charge >= 0.3 is 6.09 Å². The first-order chi connectivity index (χ1) is 22.1. The number of carbonyl (C=O) groups excluding carboxylic acids is 1. The Bertz CT molecular complexity index is 1360. The van der Waals surface area contributed by atoms with Crippen LogP contribution in [0.2, 0.25) is 18.1 Å². The Morgan fingerprint density at radius 2 is 1.34 bits per heavy atom. The van der Waals surface area contributed by atoms with Gasteiger partial charge in [0, 0.05) is 31.8 Å². The van der Waals surface area contributed by atoms with Gasteiger partial charge in [0.2, 0.25) is 3.79 Å². The number of hydrogen-bond acceptors (Lipinski definition) is 6. The van der Waals surface area contributed by atoms with Crippen LogP contribution in [0, 0.1) is 0 Å². The van der Waals surface area contributed by atoms with E-state index < -0.39 is 18.2 Å². The molecule has 0 unspecified atom stereocenters. The van der Waals surface area contributed by atoms with E-state index in [4.69, 9.17) is 53.4 Å². The van der Waals surface area contributed by atoms with Crippen molar-refractivity contribution in [2.45, 2.75) is 74.2 Å². The van der Waals surface area contributed by atoms with Gasteiger partial charge in [-0.15, -0.1) is 0 Å². The van der Waals surface area contributed by atoms with E-state index in [1.54, 1.807) is 14.2 Å². The lowest BCUT2D eigenvalue weighted by molar-refractivity contribution is 0.103. The van der Waals surface area contributed by atoms with E-state index in [0.717, 1.165) is 34.6 Å². The fourth-order valence-electron chi connectivity index (χ4n) is 4.85. The van der Waals surface area contributed by atoms with Crippen molar-refractivity contribution >= 4 is 49.2 Å². The number of benzene rings is 3. The highest BCUT2D eigenvalue weighted by atomic mass is 35.6. The molecule has 7 nitrogen and oxygen atoms in total. The van der Waals surface area contributed by atoms with Gasteiger partial charge in [-0.05, 0) is 71.9 Å². The van der Waals surface area contributed by atoms with Gasteiger partial charge in [-0.3, -0.25) is 4.90 Å². The smallest absolute Gasteiger partial charge is 0.407 e. The van der Waals surface area contributed by atoms with Gasteiger partial charge < -0.3 is 24.0 Å². The zero-order chi connectivity index (χ0) is 34.7. The van der Waals surface area contributed by atoms with Crippen LogP contribution in [0.25, 0.3) is 0 Å². The molecule has 0 aliphatic rings. The fourth-order valence-corrected chi connectivity index (χ4v) is 6.06. The number of alkyl carbamates (subject to hydrolysis) is 1. The molecule has 0 aromatic heterocycles. The molecule has 47 heavy (non-hydrogen) atoms. The summed E-state index contributed by atoms with van der Waals surface area (Å²) in [4.78, 5) is 15.4. The third-order valence-corrected chi connectivity index (χ3v) is 13.4. The summed E-state index contributed by atoms with van der Waals surface area (Å²) in [6.45, 7) is 12.6. The number of nitrogens with one attached hydrogen (secondary N) is 1. The maximum Gasteiger partial charge on any atom is 0.407 e. The number of alkyl halides is 3. The zero-order valence-corrected chi connectivity index (χ0v) is 31.8. The van der Waals surface area contributed by atoms with E-state index in [1.807, 2.05) is 54.6 Å². The number of rotatable bonds is 16. The molecule has 0 saturated heterocycles. The van der Waals surface area contributed by atoms with Gasteiger partial charge in [-0.25, -0.2) is 4.79 Å². The zero-order valence-electron chi connectivity index (χ0n) is 28.5. The molecule has 0 fully saturated rings. The van der Waals surface area contributed by atoms with Gasteiger partial charge in [0.05, 0.1) is 14.2 Å². The molecular formula is C36H49Cl3N2O5Si. The molecular weight excluding hydrogens is 675 g/mol. The van der Waals surface area contributed by atoms with Gasteiger partial charge in [0.1, 0.15) is 18.1 Å². The monoisotopic (exact) mass is 722 g/mol. The number of halogens is 3. The molecule has 0 saturated carbocycles. The normalized spacial score (nSPS) is 13.6. The summed E-state index contributed by atoms with van der Waals surface area (Å²) >= 11 is 17.6. The highest BCUT2D eigenvalue weighted by molar-refractivity contribution is 6.74. The predicted molar refractivity (Wildman–Crippen MR) is 196 cm³/mol. The third kappa shape index (κ3) is 13.5. The molecule has 0 bridgehead atoms. The molecule has 0 spiro atoms. The molecule has 0 aliphatic heterocycles. The SMILES string of the molecule is COc1ccc(C[C@@H](CN(Cc2ccccc2)[C@H](CO[Si](C)(C)C(C)(C)C)Cc2ccc(OC)cc2)NC(=O)OCC(Cl)(Cl)Cl)cc1. The molecule has 1 amide bonds. The maximum atomic E-state index is 13.0. The highest BCUT2D eigenvalue weighted by Crippen LogP contribution is 2.37. The van der Waals surface area contributed by atoms with Crippen molar-refractivity contribution in [3.05, 3.63) is 95.6 Å². The molecule has 2 atom stereocenters.